The number of hydrogen-bond donors (Lipinski definition) is 0. The molecule has 0 unspecified atom stereocenters. The van der Waals surface area contributed by atoms with E-state index in [4.69, 9.17) is 11.6 Å². The minimum Gasteiger partial charge on any atom is -0.335 e. The Kier molecular flexibility index (Phi) is 4.55. The zero-order valence-corrected chi connectivity index (χ0v) is 15.4. The summed E-state index contributed by atoms with van der Waals surface area (Å²) in [6, 6.07) is 10.1. The molecule has 25 heavy (non-hydrogen) atoms. The highest BCUT2D eigenvalue weighted by atomic mass is 35.5. The molecule has 5 heteroatoms. The lowest BCUT2D eigenvalue weighted by Gasteiger charge is -2.44. The Morgan fingerprint density at radius 3 is 2.64 bits per heavy atom. The molecule has 1 aliphatic carbocycles. The normalized spacial score (nSPS) is 23.4. The third kappa shape index (κ3) is 2.97. The molecule has 1 aromatic carbocycles. The SMILES string of the molecule is Cc1nn(-c2ccccc2)c(Cl)c1C(=O)N1CCC[C@@H]2CCCC[C@H]21. The fraction of sp³-hybridized carbons (Fsp3) is 0.500. The lowest BCUT2D eigenvalue weighted by Crippen LogP contribution is -2.49. The number of aryl methyl sites for hydroxylation is 1. The van der Waals surface area contributed by atoms with Crippen LogP contribution in [0, 0.1) is 12.8 Å². The number of aromatic nitrogens is 2. The van der Waals surface area contributed by atoms with Crippen molar-refractivity contribution in [3.63, 3.8) is 0 Å². The van der Waals surface area contributed by atoms with E-state index in [1.807, 2.05) is 37.3 Å². The summed E-state index contributed by atoms with van der Waals surface area (Å²) >= 11 is 6.61. The van der Waals surface area contributed by atoms with E-state index in [0.717, 1.165) is 25.1 Å². The van der Waals surface area contributed by atoms with Crippen molar-refractivity contribution >= 4 is 17.5 Å². The Morgan fingerprint density at radius 2 is 1.84 bits per heavy atom. The summed E-state index contributed by atoms with van der Waals surface area (Å²) in [7, 11) is 0. The molecule has 0 radical (unpaired) electrons. The molecule has 2 atom stereocenters. The molecule has 4 nitrogen and oxygen atoms in total. The van der Waals surface area contributed by atoms with Gasteiger partial charge in [0.25, 0.3) is 5.91 Å². The maximum absolute atomic E-state index is 13.3. The number of carbonyl (C=O) groups is 1. The van der Waals surface area contributed by atoms with Crippen molar-refractivity contribution in [2.45, 2.75) is 51.5 Å². The van der Waals surface area contributed by atoms with Gasteiger partial charge in [0, 0.05) is 12.6 Å². The summed E-state index contributed by atoms with van der Waals surface area (Å²) < 4.78 is 1.67. The average Bonchev–Trinajstić information content (AvgIpc) is 2.96. The van der Waals surface area contributed by atoms with Crippen LogP contribution >= 0.6 is 11.6 Å². The van der Waals surface area contributed by atoms with Crippen molar-refractivity contribution in [2.24, 2.45) is 5.92 Å². The second-order valence-corrected chi connectivity index (χ2v) is 7.61. The van der Waals surface area contributed by atoms with Crippen LogP contribution in [0.25, 0.3) is 5.69 Å². The summed E-state index contributed by atoms with van der Waals surface area (Å²) in [5.41, 5.74) is 2.15. The van der Waals surface area contributed by atoms with Gasteiger partial charge in [-0.2, -0.15) is 5.10 Å². The molecule has 0 N–H and O–H groups in total. The van der Waals surface area contributed by atoms with Gasteiger partial charge in [-0.05, 0) is 50.7 Å². The highest BCUT2D eigenvalue weighted by molar-refractivity contribution is 6.33. The molecule has 0 bridgehead atoms. The molecule has 1 amide bonds. The van der Waals surface area contributed by atoms with E-state index < -0.39 is 0 Å². The van der Waals surface area contributed by atoms with Crippen LogP contribution in [-0.4, -0.2) is 33.2 Å². The number of likely N-dealkylation sites (tertiary alicyclic amines) is 1. The highest BCUT2D eigenvalue weighted by Gasteiger charge is 2.37. The lowest BCUT2D eigenvalue weighted by molar-refractivity contribution is 0.0390. The van der Waals surface area contributed by atoms with Gasteiger partial charge in [-0.15, -0.1) is 0 Å². The first-order valence-electron chi connectivity index (χ1n) is 9.28. The number of carbonyl (C=O) groups excluding carboxylic acids is 1. The lowest BCUT2D eigenvalue weighted by atomic mass is 9.78. The molecule has 132 valence electrons. The van der Waals surface area contributed by atoms with Crippen molar-refractivity contribution in [3.8, 4) is 5.69 Å². The van der Waals surface area contributed by atoms with Gasteiger partial charge in [0.15, 0.2) is 0 Å². The maximum atomic E-state index is 13.3. The van der Waals surface area contributed by atoms with Crippen LogP contribution in [0.1, 0.15) is 54.6 Å². The fourth-order valence-corrected chi connectivity index (χ4v) is 4.86. The number of halogens is 1. The Balaban J connectivity index is 1.67. The number of nitrogens with zero attached hydrogens (tertiary/aromatic N) is 3. The monoisotopic (exact) mass is 357 g/mol. The van der Waals surface area contributed by atoms with Gasteiger partial charge in [0.2, 0.25) is 0 Å². The van der Waals surface area contributed by atoms with Crippen molar-refractivity contribution in [3.05, 3.63) is 46.7 Å². The number of benzene rings is 1. The summed E-state index contributed by atoms with van der Waals surface area (Å²) in [5.74, 6) is 0.719. The summed E-state index contributed by atoms with van der Waals surface area (Å²) in [4.78, 5) is 15.4. The molecule has 2 aliphatic rings. The molecule has 1 saturated heterocycles. The molecule has 4 rings (SSSR count). The zero-order chi connectivity index (χ0) is 17.4. The molecule has 0 spiro atoms. The molecule has 2 fully saturated rings. The average molecular weight is 358 g/mol. The molecule has 2 aromatic rings. The number of amides is 1. The van der Waals surface area contributed by atoms with Crippen molar-refractivity contribution < 1.29 is 4.79 Å². The highest BCUT2D eigenvalue weighted by Crippen LogP contribution is 2.37. The van der Waals surface area contributed by atoms with Gasteiger partial charge >= 0.3 is 0 Å². The van der Waals surface area contributed by atoms with Gasteiger partial charge in [-0.1, -0.05) is 42.6 Å². The number of para-hydroxylation sites is 1. The quantitative estimate of drug-likeness (QED) is 0.786. The van der Waals surface area contributed by atoms with Crippen molar-refractivity contribution in [1.82, 2.24) is 14.7 Å². The fourth-order valence-electron chi connectivity index (χ4n) is 4.50. The first-order valence-corrected chi connectivity index (χ1v) is 9.66. The van der Waals surface area contributed by atoms with Crippen molar-refractivity contribution in [1.29, 1.82) is 0 Å². The van der Waals surface area contributed by atoms with E-state index in [9.17, 15) is 4.79 Å². The summed E-state index contributed by atoms with van der Waals surface area (Å²) in [6.07, 6.45) is 7.25. The Morgan fingerprint density at radius 1 is 1.12 bits per heavy atom. The molecular formula is C20H24ClN3O. The predicted octanol–water partition coefficient (Wildman–Crippen LogP) is 4.63. The number of hydrogen-bond acceptors (Lipinski definition) is 2. The van der Waals surface area contributed by atoms with Gasteiger partial charge in [0.1, 0.15) is 5.15 Å². The molecule has 1 aliphatic heterocycles. The molecule has 1 saturated carbocycles. The van der Waals surface area contributed by atoms with E-state index in [0.29, 0.717) is 28.4 Å². The maximum Gasteiger partial charge on any atom is 0.259 e. The van der Waals surface area contributed by atoms with Crippen LogP contribution in [0.15, 0.2) is 30.3 Å². The predicted molar refractivity (Wildman–Crippen MR) is 99.3 cm³/mol. The van der Waals surface area contributed by atoms with E-state index in [-0.39, 0.29) is 5.91 Å². The molecule has 2 heterocycles. The van der Waals surface area contributed by atoms with Crippen LogP contribution in [0.5, 0.6) is 0 Å². The summed E-state index contributed by atoms with van der Waals surface area (Å²) in [6.45, 7) is 2.72. The summed E-state index contributed by atoms with van der Waals surface area (Å²) in [5, 5.41) is 4.96. The van der Waals surface area contributed by atoms with Gasteiger partial charge in [-0.25, -0.2) is 4.68 Å². The Bertz CT molecular complexity index is 769. The molecule has 1 aromatic heterocycles. The van der Waals surface area contributed by atoms with Crippen LogP contribution in [0.4, 0.5) is 0 Å². The number of piperidine rings is 1. The van der Waals surface area contributed by atoms with Crippen LogP contribution in [0.3, 0.4) is 0 Å². The first kappa shape index (κ1) is 16.6. The second-order valence-electron chi connectivity index (χ2n) is 7.25. The minimum absolute atomic E-state index is 0.0567. The second kappa shape index (κ2) is 6.83. The number of rotatable bonds is 2. The van der Waals surface area contributed by atoms with Crippen LogP contribution in [-0.2, 0) is 0 Å². The van der Waals surface area contributed by atoms with Gasteiger partial charge < -0.3 is 4.90 Å². The largest absolute Gasteiger partial charge is 0.335 e. The third-order valence-electron chi connectivity index (χ3n) is 5.72. The Labute approximate surface area is 153 Å². The van der Waals surface area contributed by atoms with E-state index >= 15 is 0 Å². The van der Waals surface area contributed by atoms with Crippen LogP contribution < -0.4 is 0 Å². The van der Waals surface area contributed by atoms with Crippen LogP contribution in [0.2, 0.25) is 5.15 Å². The van der Waals surface area contributed by atoms with Gasteiger partial charge in [-0.3, -0.25) is 4.79 Å². The standard InChI is InChI=1S/C20H24ClN3O/c1-14-18(19(21)24(22-14)16-10-3-2-4-11-16)20(25)23-13-7-9-15-8-5-6-12-17(15)23/h2-4,10-11,15,17H,5-9,12-13H2,1H3/t15-,17+/m0/s1. The smallest absolute Gasteiger partial charge is 0.259 e. The van der Waals surface area contributed by atoms with E-state index in [2.05, 4.69) is 10.00 Å². The van der Waals surface area contributed by atoms with E-state index in [1.54, 1.807) is 4.68 Å². The third-order valence-corrected chi connectivity index (χ3v) is 6.07. The molecular weight excluding hydrogens is 334 g/mol. The topological polar surface area (TPSA) is 38.1 Å². The van der Waals surface area contributed by atoms with Gasteiger partial charge in [0.05, 0.1) is 16.9 Å². The number of fused-ring (bicyclic) bond motifs is 1. The van der Waals surface area contributed by atoms with Crippen molar-refractivity contribution in [2.75, 3.05) is 6.54 Å². The van der Waals surface area contributed by atoms with E-state index in [1.165, 1.54) is 25.7 Å². The minimum atomic E-state index is 0.0567. The zero-order valence-electron chi connectivity index (χ0n) is 14.6. The first-order chi connectivity index (χ1) is 12.2. The Hall–Kier alpha value is -1.81.